The molecular formula is C17H20FN3O2. The van der Waals surface area contributed by atoms with E-state index in [1.807, 2.05) is 0 Å². The van der Waals surface area contributed by atoms with Crippen molar-refractivity contribution in [1.29, 1.82) is 0 Å². The fraction of sp³-hybridized carbons (Fsp3) is 0.471. The lowest BCUT2D eigenvalue weighted by atomic mass is 9.81. The van der Waals surface area contributed by atoms with Crippen LogP contribution in [0.15, 0.2) is 28.8 Å². The van der Waals surface area contributed by atoms with Crippen LogP contribution in [-0.4, -0.2) is 16.0 Å². The van der Waals surface area contributed by atoms with Crippen LogP contribution in [0.1, 0.15) is 49.4 Å². The van der Waals surface area contributed by atoms with Crippen molar-refractivity contribution in [2.45, 2.75) is 51.0 Å². The van der Waals surface area contributed by atoms with E-state index in [9.17, 15) is 9.18 Å². The number of amides is 1. The van der Waals surface area contributed by atoms with Crippen molar-refractivity contribution >= 4 is 5.91 Å². The summed E-state index contributed by atoms with van der Waals surface area (Å²) >= 11 is 0. The average molecular weight is 317 g/mol. The first kappa shape index (κ1) is 15.6. The van der Waals surface area contributed by atoms with Crippen molar-refractivity contribution < 1.29 is 13.7 Å². The molecule has 1 aliphatic rings. The molecule has 2 aromatic rings. The van der Waals surface area contributed by atoms with Gasteiger partial charge in [0.1, 0.15) is 11.4 Å². The molecule has 0 radical (unpaired) electrons. The van der Waals surface area contributed by atoms with E-state index in [0.29, 0.717) is 11.7 Å². The van der Waals surface area contributed by atoms with Gasteiger partial charge in [-0.15, -0.1) is 0 Å². The van der Waals surface area contributed by atoms with Gasteiger partial charge in [-0.05, 0) is 37.5 Å². The van der Waals surface area contributed by atoms with Crippen molar-refractivity contribution in [3.05, 3.63) is 47.4 Å². The molecule has 1 N–H and O–H groups in total. The Balaban J connectivity index is 1.75. The molecule has 1 aromatic carbocycles. The van der Waals surface area contributed by atoms with Gasteiger partial charge in [0.15, 0.2) is 5.82 Å². The minimum atomic E-state index is -0.573. The Bertz CT molecular complexity index is 675. The number of hydrogen-bond acceptors (Lipinski definition) is 4. The van der Waals surface area contributed by atoms with Crippen LogP contribution >= 0.6 is 0 Å². The molecular weight excluding hydrogens is 297 g/mol. The van der Waals surface area contributed by atoms with Gasteiger partial charge in [0.25, 0.3) is 5.89 Å². The number of aromatic nitrogens is 2. The van der Waals surface area contributed by atoms with Crippen LogP contribution in [0, 0.1) is 12.7 Å². The van der Waals surface area contributed by atoms with Crippen LogP contribution in [0.5, 0.6) is 0 Å². The molecule has 0 aliphatic heterocycles. The van der Waals surface area contributed by atoms with Gasteiger partial charge in [0, 0.05) is 0 Å². The zero-order valence-corrected chi connectivity index (χ0v) is 13.1. The van der Waals surface area contributed by atoms with Gasteiger partial charge in [0.05, 0.1) is 6.42 Å². The molecule has 122 valence electrons. The second-order valence-corrected chi connectivity index (χ2v) is 6.14. The standard InChI is InChI=1S/C17H20FN3O2/c1-12-19-16(23-21-12)17(9-3-2-4-10-17)20-15(22)11-13-5-7-14(18)8-6-13/h5-8H,2-4,9-11H2,1H3,(H,20,22). The van der Waals surface area contributed by atoms with Crippen LogP contribution in [-0.2, 0) is 16.8 Å². The van der Waals surface area contributed by atoms with Crippen LogP contribution in [0.4, 0.5) is 4.39 Å². The molecule has 0 bridgehead atoms. The monoisotopic (exact) mass is 317 g/mol. The second kappa shape index (κ2) is 6.48. The third-order valence-electron chi connectivity index (χ3n) is 4.30. The minimum Gasteiger partial charge on any atom is -0.341 e. The Hall–Kier alpha value is -2.24. The van der Waals surface area contributed by atoms with E-state index in [4.69, 9.17) is 4.52 Å². The van der Waals surface area contributed by atoms with Crippen molar-refractivity contribution in [2.75, 3.05) is 0 Å². The van der Waals surface area contributed by atoms with Crippen LogP contribution < -0.4 is 5.32 Å². The number of halogens is 1. The largest absolute Gasteiger partial charge is 0.341 e. The first-order valence-electron chi connectivity index (χ1n) is 7.94. The fourth-order valence-electron chi connectivity index (χ4n) is 3.14. The van der Waals surface area contributed by atoms with Gasteiger partial charge in [-0.25, -0.2) is 4.39 Å². The van der Waals surface area contributed by atoms with Gasteiger partial charge in [-0.2, -0.15) is 4.98 Å². The Labute approximate surface area is 134 Å². The highest BCUT2D eigenvalue weighted by Gasteiger charge is 2.40. The van der Waals surface area contributed by atoms with E-state index in [1.165, 1.54) is 12.1 Å². The number of carbonyl (C=O) groups excluding carboxylic acids is 1. The molecule has 0 atom stereocenters. The molecule has 1 fully saturated rings. The van der Waals surface area contributed by atoms with E-state index in [1.54, 1.807) is 19.1 Å². The predicted molar refractivity (Wildman–Crippen MR) is 82.0 cm³/mol. The molecule has 0 unspecified atom stereocenters. The number of benzene rings is 1. The third kappa shape index (κ3) is 3.57. The maximum Gasteiger partial charge on any atom is 0.252 e. The van der Waals surface area contributed by atoms with Gasteiger partial charge in [-0.3, -0.25) is 4.79 Å². The molecule has 3 rings (SSSR count). The molecule has 1 aromatic heterocycles. The topological polar surface area (TPSA) is 68.0 Å². The highest BCUT2D eigenvalue weighted by Crippen LogP contribution is 2.36. The first-order chi connectivity index (χ1) is 11.1. The Kier molecular flexibility index (Phi) is 4.41. The maximum atomic E-state index is 13.0. The number of carbonyl (C=O) groups is 1. The molecule has 5 nitrogen and oxygen atoms in total. The summed E-state index contributed by atoms with van der Waals surface area (Å²) in [5.41, 5.74) is 0.202. The summed E-state index contributed by atoms with van der Waals surface area (Å²) in [4.78, 5) is 16.8. The number of nitrogens with zero attached hydrogens (tertiary/aromatic N) is 2. The van der Waals surface area contributed by atoms with Crippen molar-refractivity contribution in [3.8, 4) is 0 Å². The molecule has 0 saturated heterocycles. The van der Waals surface area contributed by atoms with Crippen molar-refractivity contribution in [1.82, 2.24) is 15.5 Å². The van der Waals surface area contributed by atoms with Gasteiger partial charge >= 0.3 is 0 Å². The summed E-state index contributed by atoms with van der Waals surface area (Å²) < 4.78 is 18.3. The second-order valence-electron chi connectivity index (χ2n) is 6.14. The lowest BCUT2D eigenvalue weighted by Crippen LogP contribution is -2.48. The number of rotatable bonds is 4. The SMILES string of the molecule is Cc1noc(C2(NC(=O)Cc3ccc(F)cc3)CCCCC2)n1. The summed E-state index contributed by atoms with van der Waals surface area (Å²) in [6, 6.07) is 5.97. The lowest BCUT2D eigenvalue weighted by molar-refractivity contribution is -0.123. The fourth-order valence-corrected chi connectivity index (χ4v) is 3.14. The number of hydrogen-bond donors (Lipinski definition) is 1. The van der Waals surface area contributed by atoms with Gasteiger partial charge in [-0.1, -0.05) is 36.6 Å². The van der Waals surface area contributed by atoms with E-state index in [2.05, 4.69) is 15.5 Å². The highest BCUT2D eigenvalue weighted by atomic mass is 19.1. The van der Waals surface area contributed by atoms with E-state index in [0.717, 1.165) is 37.7 Å². The molecule has 0 spiro atoms. The Morgan fingerprint density at radius 1 is 1.26 bits per heavy atom. The van der Waals surface area contributed by atoms with Crippen LogP contribution in [0.2, 0.25) is 0 Å². The van der Waals surface area contributed by atoms with E-state index in [-0.39, 0.29) is 18.1 Å². The zero-order valence-electron chi connectivity index (χ0n) is 13.1. The summed E-state index contributed by atoms with van der Waals surface area (Å²) in [7, 11) is 0. The number of aryl methyl sites for hydroxylation is 1. The zero-order chi connectivity index (χ0) is 16.3. The molecule has 1 saturated carbocycles. The Morgan fingerprint density at radius 3 is 2.57 bits per heavy atom. The molecule has 6 heteroatoms. The number of nitrogens with one attached hydrogen (secondary N) is 1. The summed E-state index contributed by atoms with van der Waals surface area (Å²) in [5, 5.41) is 6.95. The lowest BCUT2D eigenvalue weighted by Gasteiger charge is -2.34. The van der Waals surface area contributed by atoms with Crippen molar-refractivity contribution in [3.63, 3.8) is 0 Å². The maximum absolute atomic E-state index is 13.0. The summed E-state index contributed by atoms with van der Waals surface area (Å²) in [6.07, 6.45) is 4.96. The summed E-state index contributed by atoms with van der Waals surface area (Å²) in [6.45, 7) is 1.77. The van der Waals surface area contributed by atoms with E-state index >= 15 is 0 Å². The van der Waals surface area contributed by atoms with Crippen LogP contribution in [0.25, 0.3) is 0 Å². The smallest absolute Gasteiger partial charge is 0.252 e. The third-order valence-corrected chi connectivity index (χ3v) is 4.30. The molecule has 1 heterocycles. The van der Waals surface area contributed by atoms with Gasteiger partial charge in [0.2, 0.25) is 5.91 Å². The molecule has 23 heavy (non-hydrogen) atoms. The van der Waals surface area contributed by atoms with Crippen molar-refractivity contribution in [2.24, 2.45) is 0 Å². The first-order valence-corrected chi connectivity index (χ1v) is 7.94. The minimum absolute atomic E-state index is 0.116. The van der Waals surface area contributed by atoms with E-state index < -0.39 is 5.54 Å². The van der Waals surface area contributed by atoms with Gasteiger partial charge < -0.3 is 9.84 Å². The summed E-state index contributed by atoms with van der Waals surface area (Å²) in [5.74, 6) is 0.633. The normalized spacial score (nSPS) is 17.0. The van der Waals surface area contributed by atoms with Crippen LogP contribution in [0.3, 0.4) is 0 Å². The quantitative estimate of drug-likeness (QED) is 0.941. The highest BCUT2D eigenvalue weighted by molar-refractivity contribution is 5.79. The Morgan fingerprint density at radius 2 is 1.96 bits per heavy atom. The predicted octanol–water partition coefficient (Wildman–Crippen LogP) is 3.04. The molecule has 1 amide bonds. The molecule has 1 aliphatic carbocycles. The average Bonchev–Trinajstić information content (AvgIpc) is 2.98.